The Morgan fingerprint density at radius 3 is 2.29 bits per heavy atom. The summed E-state index contributed by atoms with van der Waals surface area (Å²) in [6, 6.07) is 0.0639. The van der Waals surface area contributed by atoms with E-state index < -0.39 is 5.41 Å². The first-order valence-corrected chi connectivity index (χ1v) is 6.53. The first kappa shape index (κ1) is 14.5. The molecule has 1 rings (SSSR count). The number of hydrogen-bond acceptors (Lipinski definition) is 3. The fraction of sp³-hybridized carbons (Fsp3) is 0.923. The van der Waals surface area contributed by atoms with Gasteiger partial charge in [0, 0.05) is 18.0 Å². The minimum Gasteiger partial charge on any atom is -0.392 e. The van der Waals surface area contributed by atoms with Crippen molar-refractivity contribution in [1.29, 1.82) is 0 Å². The van der Waals surface area contributed by atoms with E-state index in [0.29, 0.717) is 13.0 Å². The first-order chi connectivity index (χ1) is 7.84. The number of rotatable bonds is 5. The van der Waals surface area contributed by atoms with Crippen LogP contribution >= 0.6 is 0 Å². The molecule has 0 bridgehead atoms. The van der Waals surface area contributed by atoms with Crippen molar-refractivity contribution in [1.82, 2.24) is 5.32 Å². The molecule has 0 aromatic rings. The maximum atomic E-state index is 12.3. The molecule has 0 aliphatic heterocycles. The number of carbonyl (C=O) groups excluding carboxylic acids is 1. The third-order valence-electron chi connectivity index (χ3n) is 4.75. The van der Waals surface area contributed by atoms with Crippen LogP contribution in [0.5, 0.6) is 0 Å². The summed E-state index contributed by atoms with van der Waals surface area (Å²) in [7, 11) is 0. The van der Waals surface area contributed by atoms with Crippen molar-refractivity contribution in [2.45, 2.75) is 59.1 Å². The molecule has 0 heterocycles. The Morgan fingerprint density at radius 2 is 2.00 bits per heavy atom. The van der Waals surface area contributed by atoms with Crippen molar-refractivity contribution in [3.63, 3.8) is 0 Å². The Hall–Kier alpha value is -0.610. The fourth-order valence-corrected chi connectivity index (χ4v) is 2.41. The summed E-state index contributed by atoms with van der Waals surface area (Å²) in [5, 5.41) is 12.7. The van der Waals surface area contributed by atoms with Crippen LogP contribution in [-0.4, -0.2) is 29.7 Å². The van der Waals surface area contributed by atoms with E-state index in [-0.39, 0.29) is 23.5 Å². The minimum atomic E-state index is -0.448. The van der Waals surface area contributed by atoms with Crippen molar-refractivity contribution >= 4 is 5.91 Å². The highest BCUT2D eigenvalue weighted by Gasteiger charge is 2.49. The van der Waals surface area contributed by atoms with Crippen LogP contribution in [0.2, 0.25) is 0 Å². The molecule has 4 nitrogen and oxygen atoms in total. The van der Waals surface area contributed by atoms with E-state index in [9.17, 15) is 9.90 Å². The van der Waals surface area contributed by atoms with E-state index >= 15 is 0 Å². The second-order valence-corrected chi connectivity index (χ2v) is 5.79. The molecule has 1 fully saturated rings. The summed E-state index contributed by atoms with van der Waals surface area (Å²) in [5.74, 6) is 0.0370. The molecule has 100 valence electrons. The number of carbonyl (C=O) groups is 1. The molecule has 1 amide bonds. The van der Waals surface area contributed by atoms with E-state index in [2.05, 4.69) is 5.32 Å². The van der Waals surface area contributed by atoms with Crippen LogP contribution in [0.15, 0.2) is 0 Å². The molecule has 0 saturated heterocycles. The van der Waals surface area contributed by atoms with Gasteiger partial charge in [0.25, 0.3) is 0 Å². The topological polar surface area (TPSA) is 75.4 Å². The van der Waals surface area contributed by atoms with E-state index in [1.165, 1.54) is 0 Å². The van der Waals surface area contributed by atoms with Crippen LogP contribution in [0.3, 0.4) is 0 Å². The van der Waals surface area contributed by atoms with Gasteiger partial charge in [-0.2, -0.15) is 0 Å². The van der Waals surface area contributed by atoms with Gasteiger partial charge in [0.15, 0.2) is 0 Å². The zero-order valence-corrected chi connectivity index (χ0v) is 11.4. The molecule has 1 aliphatic rings. The fourth-order valence-electron chi connectivity index (χ4n) is 2.41. The summed E-state index contributed by atoms with van der Waals surface area (Å²) in [6.45, 7) is 8.33. The predicted octanol–water partition coefficient (Wildman–Crippen LogP) is 1.03. The van der Waals surface area contributed by atoms with Gasteiger partial charge in [0.2, 0.25) is 5.91 Å². The van der Waals surface area contributed by atoms with Crippen molar-refractivity contribution in [3.8, 4) is 0 Å². The lowest BCUT2D eigenvalue weighted by Crippen LogP contribution is -2.63. The van der Waals surface area contributed by atoms with Gasteiger partial charge in [-0.05, 0) is 19.3 Å². The SMILES string of the molecule is CCC(CC)(CN)C(=O)NC1CC(O)C1(C)C. The predicted molar refractivity (Wildman–Crippen MR) is 68.4 cm³/mol. The lowest BCUT2D eigenvalue weighted by Gasteiger charge is -2.50. The quantitative estimate of drug-likeness (QED) is 0.674. The summed E-state index contributed by atoms with van der Waals surface area (Å²) < 4.78 is 0. The standard InChI is InChI=1S/C13H26N2O2/c1-5-13(6-2,8-14)11(17)15-9-7-10(16)12(9,3)4/h9-10,16H,5-8,14H2,1-4H3,(H,15,17). The van der Waals surface area contributed by atoms with Crippen molar-refractivity contribution in [2.24, 2.45) is 16.6 Å². The molecular formula is C13H26N2O2. The second kappa shape index (κ2) is 4.94. The molecule has 2 atom stereocenters. The molecule has 0 aromatic carbocycles. The highest BCUT2D eigenvalue weighted by molar-refractivity contribution is 5.83. The van der Waals surface area contributed by atoms with Gasteiger partial charge in [-0.1, -0.05) is 27.7 Å². The average molecular weight is 242 g/mol. The number of amides is 1. The van der Waals surface area contributed by atoms with Crippen LogP contribution in [0, 0.1) is 10.8 Å². The summed E-state index contributed by atoms with van der Waals surface area (Å²) in [5.41, 5.74) is 5.08. The van der Waals surface area contributed by atoms with Crippen LogP contribution in [0.25, 0.3) is 0 Å². The Kier molecular flexibility index (Phi) is 4.20. The number of aliphatic hydroxyl groups excluding tert-OH is 1. The van der Waals surface area contributed by atoms with Gasteiger partial charge in [0.05, 0.1) is 11.5 Å². The summed E-state index contributed by atoms with van der Waals surface area (Å²) in [6.07, 6.45) is 1.83. The van der Waals surface area contributed by atoms with E-state index in [1.54, 1.807) is 0 Å². The average Bonchev–Trinajstić information content (AvgIpc) is 2.31. The highest BCUT2D eigenvalue weighted by Crippen LogP contribution is 2.41. The van der Waals surface area contributed by atoms with Gasteiger partial charge in [-0.25, -0.2) is 0 Å². The smallest absolute Gasteiger partial charge is 0.227 e. The molecule has 0 spiro atoms. The molecular weight excluding hydrogens is 216 g/mol. The van der Waals surface area contributed by atoms with Crippen LogP contribution in [-0.2, 0) is 4.79 Å². The van der Waals surface area contributed by atoms with E-state index in [0.717, 1.165) is 12.8 Å². The molecule has 2 unspecified atom stereocenters. The molecule has 4 heteroatoms. The van der Waals surface area contributed by atoms with Crippen LogP contribution in [0.4, 0.5) is 0 Å². The normalized spacial score (nSPS) is 27.4. The Bertz CT molecular complexity index is 277. The lowest BCUT2D eigenvalue weighted by atomic mass is 9.64. The highest BCUT2D eigenvalue weighted by atomic mass is 16.3. The van der Waals surface area contributed by atoms with Gasteiger partial charge < -0.3 is 16.2 Å². The molecule has 4 N–H and O–H groups in total. The number of hydrogen-bond donors (Lipinski definition) is 3. The second-order valence-electron chi connectivity index (χ2n) is 5.79. The van der Waals surface area contributed by atoms with Gasteiger partial charge in [-0.3, -0.25) is 4.79 Å². The monoisotopic (exact) mass is 242 g/mol. The van der Waals surface area contributed by atoms with Gasteiger partial charge in [0.1, 0.15) is 0 Å². The molecule has 1 saturated carbocycles. The lowest BCUT2D eigenvalue weighted by molar-refractivity contribution is -0.139. The van der Waals surface area contributed by atoms with Crippen molar-refractivity contribution < 1.29 is 9.90 Å². The molecule has 1 aliphatic carbocycles. The zero-order valence-electron chi connectivity index (χ0n) is 11.4. The Labute approximate surface area is 104 Å². The molecule has 0 aromatic heterocycles. The summed E-state index contributed by atoms with van der Waals surface area (Å²) >= 11 is 0. The van der Waals surface area contributed by atoms with Gasteiger partial charge in [-0.15, -0.1) is 0 Å². The van der Waals surface area contributed by atoms with Crippen LogP contribution < -0.4 is 11.1 Å². The van der Waals surface area contributed by atoms with Gasteiger partial charge >= 0.3 is 0 Å². The van der Waals surface area contributed by atoms with Crippen molar-refractivity contribution in [3.05, 3.63) is 0 Å². The first-order valence-electron chi connectivity index (χ1n) is 6.53. The number of aliphatic hydroxyl groups is 1. The maximum Gasteiger partial charge on any atom is 0.227 e. The number of nitrogens with one attached hydrogen (secondary N) is 1. The summed E-state index contributed by atoms with van der Waals surface area (Å²) in [4.78, 5) is 12.3. The third kappa shape index (κ3) is 2.33. The Balaban J connectivity index is 2.67. The third-order valence-corrected chi connectivity index (χ3v) is 4.75. The van der Waals surface area contributed by atoms with E-state index in [4.69, 9.17) is 5.73 Å². The van der Waals surface area contributed by atoms with Crippen LogP contribution in [0.1, 0.15) is 47.0 Å². The molecule has 17 heavy (non-hydrogen) atoms. The largest absolute Gasteiger partial charge is 0.392 e. The maximum absolute atomic E-state index is 12.3. The minimum absolute atomic E-state index is 0.0370. The van der Waals surface area contributed by atoms with Crippen molar-refractivity contribution in [2.75, 3.05) is 6.54 Å². The van der Waals surface area contributed by atoms with E-state index in [1.807, 2.05) is 27.7 Å². The number of nitrogens with two attached hydrogens (primary N) is 1. The Morgan fingerprint density at radius 1 is 1.47 bits per heavy atom. The zero-order chi connectivity index (χ0) is 13.3. The molecule has 0 radical (unpaired) electrons.